The zero-order valence-electron chi connectivity index (χ0n) is 9.32. The molecular formula is C11H21N3O. The number of amidine groups is 1. The smallest absolute Gasteiger partial charge is 0.143 e. The molecule has 1 unspecified atom stereocenters. The van der Waals surface area contributed by atoms with Gasteiger partial charge in [0.2, 0.25) is 0 Å². The summed E-state index contributed by atoms with van der Waals surface area (Å²) in [7, 11) is 0. The Hall–Kier alpha value is -0.770. The van der Waals surface area contributed by atoms with Gasteiger partial charge in [0, 0.05) is 18.5 Å². The van der Waals surface area contributed by atoms with Crippen LogP contribution in [0.15, 0.2) is 5.16 Å². The van der Waals surface area contributed by atoms with Gasteiger partial charge in [-0.15, -0.1) is 0 Å². The molecular weight excluding hydrogens is 190 g/mol. The number of nitrogens with zero attached hydrogens (tertiary/aromatic N) is 1. The second kappa shape index (κ2) is 4.39. The zero-order chi connectivity index (χ0) is 10.8. The van der Waals surface area contributed by atoms with E-state index in [1.807, 2.05) is 6.92 Å². The third kappa shape index (κ3) is 2.84. The summed E-state index contributed by atoms with van der Waals surface area (Å²) in [5.74, 6) is 2.25. The third-order valence-electron chi connectivity index (χ3n) is 3.54. The normalized spacial score (nSPS) is 24.5. The summed E-state index contributed by atoms with van der Waals surface area (Å²) in [6, 6.07) is 0.693. The highest BCUT2D eigenvalue weighted by molar-refractivity contribution is 5.82. The lowest BCUT2D eigenvalue weighted by atomic mass is 10.1. The van der Waals surface area contributed by atoms with Crippen molar-refractivity contribution in [2.45, 2.75) is 38.6 Å². The Morgan fingerprint density at radius 1 is 1.40 bits per heavy atom. The molecule has 1 atom stereocenters. The first-order valence-electron chi connectivity index (χ1n) is 5.93. The monoisotopic (exact) mass is 211 g/mol. The van der Waals surface area contributed by atoms with Gasteiger partial charge in [-0.2, -0.15) is 0 Å². The van der Waals surface area contributed by atoms with Crippen LogP contribution < -0.4 is 11.1 Å². The first-order chi connectivity index (χ1) is 7.22. The van der Waals surface area contributed by atoms with Crippen LogP contribution in [0.25, 0.3) is 0 Å². The molecule has 86 valence electrons. The number of hydrogen-bond acceptors (Lipinski definition) is 3. The SMILES string of the molecule is CC(CNC(C1CC1)C1CC1)C(N)=NO. The molecule has 0 aromatic heterocycles. The molecule has 0 aliphatic heterocycles. The molecule has 4 heteroatoms. The molecule has 0 spiro atoms. The molecule has 0 bridgehead atoms. The lowest BCUT2D eigenvalue weighted by Crippen LogP contribution is -2.39. The first-order valence-corrected chi connectivity index (χ1v) is 5.93. The first kappa shape index (κ1) is 10.7. The molecule has 4 nitrogen and oxygen atoms in total. The van der Waals surface area contributed by atoms with Crippen LogP contribution >= 0.6 is 0 Å². The minimum Gasteiger partial charge on any atom is -0.409 e. The summed E-state index contributed by atoms with van der Waals surface area (Å²) in [5.41, 5.74) is 5.55. The Balaban J connectivity index is 1.75. The Bertz CT molecular complexity index is 234. The lowest BCUT2D eigenvalue weighted by molar-refractivity contribution is 0.312. The molecule has 0 heterocycles. The van der Waals surface area contributed by atoms with Gasteiger partial charge in [-0.3, -0.25) is 0 Å². The summed E-state index contributed by atoms with van der Waals surface area (Å²) in [4.78, 5) is 0. The highest BCUT2D eigenvalue weighted by atomic mass is 16.4. The predicted molar refractivity (Wildman–Crippen MR) is 59.8 cm³/mol. The lowest BCUT2D eigenvalue weighted by Gasteiger charge is -2.20. The molecule has 0 amide bonds. The Kier molecular flexibility index (Phi) is 3.14. The van der Waals surface area contributed by atoms with E-state index in [0.29, 0.717) is 11.9 Å². The van der Waals surface area contributed by atoms with Crippen molar-refractivity contribution in [3.8, 4) is 0 Å². The maximum Gasteiger partial charge on any atom is 0.143 e. The number of rotatable bonds is 6. The van der Waals surface area contributed by atoms with Crippen LogP contribution in [0.3, 0.4) is 0 Å². The van der Waals surface area contributed by atoms with Crippen LogP contribution in [0.5, 0.6) is 0 Å². The highest BCUT2D eigenvalue weighted by Crippen LogP contribution is 2.44. The van der Waals surface area contributed by atoms with Gasteiger partial charge < -0.3 is 16.3 Å². The van der Waals surface area contributed by atoms with E-state index in [4.69, 9.17) is 10.9 Å². The quantitative estimate of drug-likeness (QED) is 0.267. The van der Waals surface area contributed by atoms with E-state index >= 15 is 0 Å². The van der Waals surface area contributed by atoms with Crippen molar-refractivity contribution in [1.29, 1.82) is 0 Å². The van der Waals surface area contributed by atoms with Crippen LogP contribution in [0, 0.1) is 17.8 Å². The van der Waals surface area contributed by atoms with Gasteiger partial charge in [-0.05, 0) is 37.5 Å². The van der Waals surface area contributed by atoms with Crippen molar-refractivity contribution in [3.05, 3.63) is 0 Å². The van der Waals surface area contributed by atoms with Crippen molar-refractivity contribution < 1.29 is 5.21 Å². The number of oxime groups is 1. The van der Waals surface area contributed by atoms with Crippen molar-refractivity contribution in [2.75, 3.05) is 6.54 Å². The predicted octanol–water partition coefficient (Wildman–Crippen LogP) is 1.15. The van der Waals surface area contributed by atoms with Gasteiger partial charge >= 0.3 is 0 Å². The fraction of sp³-hybridized carbons (Fsp3) is 0.909. The average molecular weight is 211 g/mol. The van der Waals surface area contributed by atoms with Crippen molar-refractivity contribution in [1.82, 2.24) is 5.32 Å². The largest absolute Gasteiger partial charge is 0.409 e. The molecule has 2 rings (SSSR count). The van der Waals surface area contributed by atoms with Crippen LogP contribution in [-0.2, 0) is 0 Å². The Morgan fingerprint density at radius 2 is 1.93 bits per heavy atom. The number of hydrogen-bond donors (Lipinski definition) is 3. The van der Waals surface area contributed by atoms with E-state index in [1.165, 1.54) is 25.7 Å². The van der Waals surface area contributed by atoms with Crippen LogP contribution in [0.1, 0.15) is 32.6 Å². The highest BCUT2D eigenvalue weighted by Gasteiger charge is 2.41. The van der Waals surface area contributed by atoms with Crippen molar-refractivity contribution in [2.24, 2.45) is 28.6 Å². The Morgan fingerprint density at radius 3 is 2.33 bits per heavy atom. The second-order valence-corrected chi connectivity index (χ2v) is 5.03. The molecule has 2 saturated carbocycles. The van der Waals surface area contributed by atoms with Crippen LogP contribution in [-0.4, -0.2) is 23.6 Å². The standard InChI is InChI=1S/C11H21N3O/c1-7(11(12)14-15)6-13-10(8-2-3-8)9-4-5-9/h7-10,13,15H,2-6H2,1H3,(H2,12,14). The fourth-order valence-electron chi connectivity index (χ4n) is 2.14. The molecule has 0 radical (unpaired) electrons. The van der Waals surface area contributed by atoms with E-state index < -0.39 is 0 Å². The summed E-state index contributed by atoms with van der Waals surface area (Å²) < 4.78 is 0. The van der Waals surface area contributed by atoms with Crippen LogP contribution in [0.2, 0.25) is 0 Å². The number of nitrogens with one attached hydrogen (secondary N) is 1. The van der Waals surface area contributed by atoms with E-state index in [9.17, 15) is 0 Å². The van der Waals surface area contributed by atoms with Crippen molar-refractivity contribution in [3.63, 3.8) is 0 Å². The van der Waals surface area contributed by atoms with Crippen LogP contribution in [0.4, 0.5) is 0 Å². The molecule has 0 aromatic carbocycles. The molecule has 2 fully saturated rings. The molecule has 15 heavy (non-hydrogen) atoms. The second-order valence-electron chi connectivity index (χ2n) is 5.03. The minimum absolute atomic E-state index is 0.120. The van der Waals surface area contributed by atoms with Gasteiger partial charge in [-0.25, -0.2) is 0 Å². The molecule has 2 aliphatic carbocycles. The van der Waals surface area contributed by atoms with Gasteiger partial charge in [0.25, 0.3) is 0 Å². The van der Waals surface area contributed by atoms with E-state index in [2.05, 4.69) is 10.5 Å². The van der Waals surface area contributed by atoms with E-state index in [1.54, 1.807) is 0 Å². The summed E-state index contributed by atoms with van der Waals surface area (Å²) in [5, 5.41) is 15.2. The van der Waals surface area contributed by atoms with E-state index in [0.717, 1.165) is 18.4 Å². The molecule has 2 aliphatic rings. The maximum absolute atomic E-state index is 8.55. The average Bonchev–Trinajstić information content (AvgIpc) is 3.07. The zero-order valence-corrected chi connectivity index (χ0v) is 9.32. The minimum atomic E-state index is 0.120. The van der Waals surface area contributed by atoms with E-state index in [-0.39, 0.29) is 5.92 Å². The summed E-state index contributed by atoms with van der Waals surface area (Å²) in [6.07, 6.45) is 5.52. The molecule has 0 aromatic rings. The molecule has 4 N–H and O–H groups in total. The number of nitrogens with two attached hydrogens (primary N) is 1. The maximum atomic E-state index is 8.55. The summed E-state index contributed by atoms with van der Waals surface area (Å²) >= 11 is 0. The topological polar surface area (TPSA) is 70.6 Å². The van der Waals surface area contributed by atoms with Gasteiger partial charge in [0.1, 0.15) is 5.84 Å². The van der Waals surface area contributed by atoms with Gasteiger partial charge in [-0.1, -0.05) is 12.1 Å². The van der Waals surface area contributed by atoms with Gasteiger partial charge in [0.05, 0.1) is 0 Å². The fourth-order valence-corrected chi connectivity index (χ4v) is 2.14. The Labute approximate surface area is 90.9 Å². The summed E-state index contributed by atoms with van der Waals surface area (Å²) in [6.45, 7) is 2.81. The van der Waals surface area contributed by atoms with Crippen molar-refractivity contribution >= 4 is 5.84 Å². The molecule has 0 saturated heterocycles. The van der Waals surface area contributed by atoms with Gasteiger partial charge in [0.15, 0.2) is 0 Å². The third-order valence-corrected chi connectivity index (χ3v) is 3.54.